The lowest BCUT2D eigenvalue weighted by Crippen LogP contribution is -2.48. The third-order valence-corrected chi connectivity index (χ3v) is 10.8. The Labute approximate surface area is 390 Å². The van der Waals surface area contributed by atoms with Crippen LogP contribution >= 0.6 is 15.9 Å². The lowest BCUT2D eigenvalue weighted by Gasteiger charge is -2.25. The summed E-state index contributed by atoms with van der Waals surface area (Å²) in [5.74, 6) is -4.44. The number of halogens is 1. The number of aromatic amines is 1. The molecule has 5 aromatic carbocycles. The number of aromatic nitrogens is 3. The number of carboxylic acids is 1. The van der Waals surface area contributed by atoms with Crippen molar-refractivity contribution in [2.75, 3.05) is 42.2 Å². The monoisotopic (exact) mass is 980 g/mol. The zero-order chi connectivity index (χ0) is 48.2. The molecular weight excluding hydrogens is 936 g/mol. The Balaban J connectivity index is 1.03. The van der Waals surface area contributed by atoms with Crippen molar-refractivity contribution in [1.82, 2.24) is 20.7 Å². The van der Waals surface area contributed by atoms with Crippen molar-refractivity contribution in [1.29, 1.82) is 0 Å². The molecule has 0 aliphatic carbocycles. The molecule has 0 bridgehead atoms. The summed E-state index contributed by atoms with van der Waals surface area (Å²) in [6, 6.07) is 22.2. The van der Waals surface area contributed by atoms with E-state index in [0.29, 0.717) is 32.8 Å². The van der Waals surface area contributed by atoms with Gasteiger partial charge in [-0.1, -0.05) is 34.1 Å². The highest BCUT2D eigenvalue weighted by atomic mass is 79.9. The third kappa shape index (κ3) is 12.4. The molecule has 1 heterocycles. The number of aromatic hydroxyl groups is 3. The zero-order valence-electron chi connectivity index (χ0n) is 36.0. The average Bonchev–Trinajstić information content (AvgIpc) is 3.82. The number of hydrogen-bond acceptors (Lipinski definition) is 15. The fourth-order valence-corrected chi connectivity index (χ4v) is 7.01. The van der Waals surface area contributed by atoms with E-state index >= 15 is 0 Å². The van der Waals surface area contributed by atoms with Gasteiger partial charge >= 0.3 is 5.97 Å². The van der Waals surface area contributed by atoms with Gasteiger partial charge in [-0.05, 0) is 96.9 Å². The summed E-state index contributed by atoms with van der Waals surface area (Å²) in [4.78, 5) is 50.8. The largest absolute Gasteiger partial charge is 0.508 e. The van der Waals surface area contributed by atoms with Crippen molar-refractivity contribution in [2.24, 2.45) is 0 Å². The van der Waals surface area contributed by atoms with Gasteiger partial charge in [-0.3, -0.25) is 14.4 Å². The quantitative estimate of drug-likeness (QED) is 0.0236. The van der Waals surface area contributed by atoms with Gasteiger partial charge in [0.1, 0.15) is 24.3 Å². The number of nitrogens with one attached hydrogen (secondary N) is 6. The van der Waals surface area contributed by atoms with Gasteiger partial charge in [0.05, 0.1) is 55.7 Å². The highest BCUT2D eigenvalue weighted by Crippen LogP contribution is 2.40. The number of carboxylic acid groups (broad SMARTS) is 1. The first-order chi connectivity index (χ1) is 32.1. The van der Waals surface area contributed by atoms with Crippen LogP contribution in [0.2, 0.25) is 0 Å². The number of aliphatic hydroxyl groups is 1. The molecule has 3 amide bonds. The normalized spacial score (nSPS) is 12.0. The number of carbonyl (C=O) groups is 4. The molecule has 0 fully saturated rings. The highest BCUT2D eigenvalue weighted by Gasteiger charge is 2.25. The van der Waals surface area contributed by atoms with Crippen molar-refractivity contribution < 1.29 is 58.9 Å². The molecule has 1 aromatic heterocycles. The van der Waals surface area contributed by atoms with Crippen molar-refractivity contribution in [3.63, 3.8) is 0 Å². The first kappa shape index (κ1) is 48.3. The van der Waals surface area contributed by atoms with E-state index in [-0.39, 0.29) is 59.7 Å². The van der Waals surface area contributed by atoms with Crippen LogP contribution in [-0.2, 0) is 22.6 Å². The number of phenolic OH excluding ortho intramolecular Hbond substituents is 2. The van der Waals surface area contributed by atoms with E-state index in [1.165, 1.54) is 50.7 Å². The fourth-order valence-electron chi connectivity index (χ4n) is 6.52. The second-order valence-corrected chi connectivity index (χ2v) is 15.5. The van der Waals surface area contributed by atoms with Gasteiger partial charge in [0, 0.05) is 33.4 Å². The molecule has 67 heavy (non-hydrogen) atoms. The molecule has 20 nitrogen and oxygen atoms in total. The molecule has 0 saturated heterocycles. The van der Waals surface area contributed by atoms with Gasteiger partial charge in [-0.15, -0.1) is 0 Å². The van der Waals surface area contributed by atoms with E-state index in [0.717, 1.165) is 17.2 Å². The van der Waals surface area contributed by atoms with Crippen LogP contribution in [-0.4, -0.2) is 97.9 Å². The second-order valence-electron chi connectivity index (χ2n) is 14.6. The van der Waals surface area contributed by atoms with Gasteiger partial charge in [0.15, 0.2) is 23.0 Å². The summed E-state index contributed by atoms with van der Waals surface area (Å²) in [5.41, 5.74) is 3.28. The summed E-state index contributed by atoms with van der Waals surface area (Å²) in [6.45, 7) is 1.72. The van der Waals surface area contributed by atoms with Crippen LogP contribution < -0.4 is 36.1 Å². The Kier molecular flexibility index (Phi) is 16.0. The average molecular weight is 982 g/mol. The summed E-state index contributed by atoms with van der Waals surface area (Å²) < 4.78 is 16.9. The van der Waals surface area contributed by atoms with Gasteiger partial charge in [-0.2, -0.15) is 15.4 Å². The number of carbonyl (C=O) groups excluding carboxylic acids is 3. The number of rotatable bonds is 20. The number of benzene rings is 5. The van der Waals surface area contributed by atoms with Crippen LogP contribution in [0.15, 0.2) is 107 Å². The number of amides is 3. The fraction of sp³-hybridized carbons (Fsp3) is 0.174. The van der Waals surface area contributed by atoms with E-state index in [1.807, 2.05) is 0 Å². The Morgan fingerprint density at radius 1 is 0.806 bits per heavy atom. The molecular formula is C46H45BrN8O12. The molecule has 0 saturated carbocycles. The summed E-state index contributed by atoms with van der Waals surface area (Å²) >= 11 is 3.55. The maximum absolute atomic E-state index is 13.4. The van der Waals surface area contributed by atoms with E-state index in [9.17, 15) is 44.7 Å². The number of aliphatic hydroxyl groups excluding tert-OH is 1. The molecule has 348 valence electrons. The molecule has 0 aliphatic heterocycles. The highest BCUT2D eigenvalue weighted by molar-refractivity contribution is 9.10. The predicted molar refractivity (Wildman–Crippen MR) is 249 cm³/mol. The van der Waals surface area contributed by atoms with Gasteiger partial charge in [0.25, 0.3) is 17.7 Å². The van der Waals surface area contributed by atoms with E-state index in [2.05, 4.69) is 57.9 Å². The Bertz CT molecular complexity index is 2770. The van der Waals surface area contributed by atoms with Crippen LogP contribution in [0.5, 0.6) is 28.7 Å². The number of anilines is 4. The number of H-pyrrole nitrogens is 1. The molecule has 0 radical (unpaired) electrons. The van der Waals surface area contributed by atoms with Crippen molar-refractivity contribution in [3.05, 3.63) is 141 Å². The Hall–Kier alpha value is -8.14. The predicted octanol–water partition coefficient (Wildman–Crippen LogP) is 6.05. The SMILES string of the molecule is COc1c(NC(=O)c2ccc(NCOCc3ccc(NC(O)[C@H](Cc4cn[nH]n4)NC(=O)c4ccc(NC(=O)/C(C)=C/c5ccc(O)cc5)cc4)cc3Br)c(OC)c2O)ccc(C(=O)O)c1O. The molecule has 21 heteroatoms. The first-order valence-corrected chi connectivity index (χ1v) is 20.9. The molecule has 0 aliphatic rings. The summed E-state index contributed by atoms with van der Waals surface area (Å²) in [5, 5.41) is 76.0. The Morgan fingerprint density at radius 3 is 2.12 bits per heavy atom. The number of aromatic carboxylic acids is 1. The smallest absolute Gasteiger partial charge is 0.339 e. The van der Waals surface area contributed by atoms with Gasteiger partial charge < -0.3 is 66.3 Å². The summed E-state index contributed by atoms with van der Waals surface area (Å²) in [6.07, 6.45) is 1.97. The number of nitrogens with zero attached hydrogens (tertiary/aromatic N) is 2. The number of phenols is 3. The molecule has 6 rings (SSSR count). The van der Waals surface area contributed by atoms with Crippen molar-refractivity contribution in [3.8, 4) is 28.7 Å². The lowest BCUT2D eigenvalue weighted by atomic mass is 10.1. The number of methoxy groups -OCH3 is 2. The zero-order valence-corrected chi connectivity index (χ0v) is 37.5. The Morgan fingerprint density at radius 2 is 1.46 bits per heavy atom. The van der Waals surface area contributed by atoms with E-state index in [4.69, 9.17) is 14.2 Å². The van der Waals surface area contributed by atoms with Crippen molar-refractivity contribution >= 4 is 68.4 Å². The molecule has 0 spiro atoms. The minimum atomic E-state index is -1.39. The van der Waals surface area contributed by atoms with Crippen LogP contribution in [0.4, 0.5) is 22.7 Å². The molecule has 2 atom stereocenters. The maximum atomic E-state index is 13.4. The number of hydrogen-bond donors (Lipinski definition) is 11. The first-order valence-electron chi connectivity index (χ1n) is 20.1. The van der Waals surface area contributed by atoms with E-state index < -0.39 is 47.1 Å². The topological polar surface area (TPSA) is 299 Å². The van der Waals surface area contributed by atoms with Crippen LogP contribution in [0.25, 0.3) is 6.08 Å². The number of ether oxygens (including phenoxy) is 3. The molecule has 6 aromatic rings. The van der Waals surface area contributed by atoms with E-state index in [1.54, 1.807) is 67.6 Å². The molecule has 1 unspecified atom stereocenters. The third-order valence-electron chi connectivity index (χ3n) is 10.0. The lowest BCUT2D eigenvalue weighted by molar-refractivity contribution is -0.112. The van der Waals surface area contributed by atoms with Crippen LogP contribution in [0.1, 0.15) is 54.8 Å². The minimum absolute atomic E-state index is 0.0379. The van der Waals surface area contributed by atoms with Gasteiger partial charge in [0.2, 0.25) is 0 Å². The van der Waals surface area contributed by atoms with Crippen LogP contribution in [0.3, 0.4) is 0 Å². The van der Waals surface area contributed by atoms with Crippen molar-refractivity contribution in [2.45, 2.75) is 32.2 Å². The van der Waals surface area contributed by atoms with Crippen LogP contribution in [0, 0.1) is 0 Å². The maximum Gasteiger partial charge on any atom is 0.339 e. The summed E-state index contributed by atoms with van der Waals surface area (Å²) in [7, 11) is 2.49. The minimum Gasteiger partial charge on any atom is -0.508 e. The molecule has 11 N–H and O–H groups in total. The second kappa shape index (κ2) is 22.2. The van der Waals surface area contributed by atoms with Gasteiger partial charge in [-0.25, -0.2) is 4.79 Å². The standard InChI is InChI=1S/C46H45BrN8O12/c1-24(18-25-4-12-31(56)13-5-25)42(59)50-28-9-6-26(7-10-28)43(60)53-37(20-30-21-49-55-54-30)45(62)51-29-11-8-27(34(47)19-29)22-67-23-48-35-16-14-32(38(57)40(35)65-2)44(61)52-36-17-15-33(46(63)64)39(58)41(36)66-3/h4-19,21,37,45,48,51,56-58,62H,20,22-23H2,1-3H3,(H,50,59)(H,52,61)(H,53,60)(H,63,64)(H,49,54,55)/b24-18+/t37-,45?/m0/s1.